The molecule has 1 N–H and O–H groups in total. The van der Waals surface area contributed by atoms with E-state index in [1.165, 1.54) is 11.3 Å². The van der Waals surface area contributed by atoms with Crippen LogP contribution in [-0.4, -0.2) is 38.9 Å². The SMILES string of the molecule is CC(C)N(Cc1ccccc1)C(=O)Cn1c(CCCNC(=O)c2cccs2)nc2ccccc21. The van der Waals surface area contributed by atoms with Crippen LogP contribution in [0.5, 0.6) is 0 Å². The van der Waals surface area contributed by atoms with E-state index in [1.54, 1.807) is 0 Å². The minimum Gasteiger partial charge on any atom is -0.351 e. The monoisotopic (exact) mass is 474 g/mol. The molecule has 0 saturated carbocycles. The third-order valence-corrected chi connectivity index (χ3v) is 6.64. The minimum absolute atomic E-state index is 0.0489. The Morgan fingerprint density at radius 1 is 1.03 bits per heavy atom. The number of aryl methyl sites for hydroxylation is 1. The van der Waals surface area contributed by atoms with Gasteiger partial charge in [0.05, 0.1) is 15.9 Å². The molecule has 0 spiro atoms. The number of benzene rings is 2. The second-order valence-corrected chi connectivity index (χ2v) is 9.49. The van der Waals surface area contributed by atoms with Crippen molar-refractivity contribution in [2.45, 2.75) is 45.8 Å². The van der Waals surface area contributed by atoms with E-state index in [0.717, 1.165) is 28.8 Å². The number of amides is 2. The lowest BCUT2D eigenvalue weighted by molar-refractivity contribution is -0.134. The van der Waals surface area contributed by atoms with Gasteiger partial charge in [-0.15, -0.1) is 11.3 Å². The first-order chi connectivity index (χ1) is 16.5. The van der Waals surface area contributed by atoms with E-state index in [2.05, 4.69) is 5.32 Å². The van der Waals surface area contributed by atoms with Crippen molar-refractivity contribution in [2.24, 2.45) is 0 Å². The Hall–Kier alpha value is -3.45. The summed E-state index contributed by atoms with van der Waals surface area (Å²) < 4.78 is 2.03. The van der Waals surface area contributed by atoms with Crippen molar-refractivity contribution in [1.82, 2.24) is 19.8 Å². The predicted octanol–water partition coefficient (Wildman–Crippen LogP) is 4.90. The van der Waals surface area contributed by atoms with E-state index in [1.807, 2.05) is 95.4 Å². The van der Waals surface area contributed by atoms with Crippen LogP contribution in [-0.2, 0) is 24.3 Å². The van der Waals surface area contributed by atoms with Crippen LogP contribution in [0.25, 0.3) is 11.0 Å². The van der Waals surface area contributed by atoms with Crippen LogP contribution < -0.4 is 5.32 Å². The van der Waals surface area contributed by atoms with Gasteiger partial charge >= 0.3 is 0 Å². The highest BCUT2D eigenvalue weighted by Crippen LogP contribution is 2.19. The number of thiophene rings is 1. The highest BCUT2D eigenvalue weighted by atomic mass is 32.1. The molecule has 0 atom stereocenters. The quantitative estimate of drug-likeness (QED) is 0.333. The van der Waals surface area contributed by atoms with Crippen LogP contribution in [0.3, 0.4) is 0 Å². The molecule has 2 aromatic carbocycles. The summed E-state index contributed by atoms with van der Waals surface area (Å²) in [5, 5.41) is 4.86. The molecule has 6 nitrogen and oxygen atoms in total. The molecular weight excluding hydrogens is 444 g/mol. The van der Waals surface area contributed by atoms with E-state index >= 15 is 0 Å². The molecule has 176 valence electrons. The van der Waals surface area contributed by atoms with E-state index < -0.39 is 0 Å². The summed E-state index contributed by atoms with van der Waals surface area (Å²) in [6, 6.07) is 21.8. The largest absolute Gasteiger partial charge is 0.351 e. The Balaban J connectivity index is 1.46. The second-order valence-electron chi connectivity index (χ2n) is 8.54. The van der Waals surface area contributed by atoms with Crippen molar-refractivity contribution < 1.29 is 9.59 Å². The number of carbonyl (C=O) groups is 2. The zero-order valence-electron chi connectivity index (χ0n) is 19.6. The highest BCUT2D eigenvalue weighted by Gasteiger charge is 2.20. The van der Waals surface area contributed by atoms with Crippen LogP contribution in [0.1, 0.15) is 41.3 Å². The Kier molecular flexibility index (Phi) is 7.75. The van der Waals surface area contributed by atoms with Crippen LogP contribution in [0.15, 0.2) is 72.1 Å². The zero-order chi connectivity index (χ0) is 23.9. The van der Waals surface area contributed by atoms with Crippen molar-refractivity contribution in [3.63, 3.8) is 0 Å². The lowest BCUT2D eigenvalue weighted by Crippen LogP contribution is -2.38. The lowest BCUT2D eigenvalue weighted by atomic mass is 10.2. The van der Waals surface area contributed by atoms with Crippen molar-refractivity contribution in [1.29, 1.82) is 0 Å². The van der Waals surface area contributed by atoms with Gasteiger partial charge in [-0.2, -0.15) is 0 Å². The van der Waals surface area contributed by atoms with Crippen LogP contribution in [0.2, 0.25) is 0 Å². The maximum atomic E-state index is 13.4. The molecule has 7 heteroatoms. The molecule has 0 fully saturated rings. The number of fused-ring (bicyclic) bond motifs is 1. The fourth-order valence-corrected chi connectivity index (χ4v) is 4.64. The molecule has 0 aliphatic carbocycles. The number of hydrogen-bond acceptors (Lipinski definition) is 4. The topological polar surface area (TPSA) is 67.2 Å². The smallest absolute Gasteiger partial charge is 0.261 e. The van der Waals surface area contributed by atoms with Gasteiger partial charge in [0.15, 0.2) is 0 Å². The summed E-state index contributed by atoms with van der Waals surface area (Å²) in [4.78, 5) is 33.0. The fraction of sp³-hybridized carbons (Fsp3) is 0.296. The second kappa shape index (κ2) is 11.1. The van der Waals surface area contributed by atoms with Crippen molar-refractivity contribution >= 4 is 34.2 Å². The first-order valence-corrected chi connectivity index (χ1v) is 12.5. The van der Waals surface area contributed by atoms with Gasteiger partial charge in [0.25, 0.3) is 5.91 Å². The fourth-order valence-electron chi connectivity index (χ4n) is 4.00. The standard InChI is InChI=1S/C27H30N4O2S/c1-20(2)30(18-21-10-4-3-5-11-21)26(32)19-31-23-13-7-6-12-22(23)29-25(31)15-8-16-28-27(33)24-14-9-17-34-24/h3-7,9-14,17,20H,8,15-16,18-19H2,1-2H3,(H,28,33). The molecule has 0 radical (unpaired) electrons. The van der Waals surface area contributed by atoms with Crippen LogP contribution in [0, 0.1) is 0 Å². The van der Waals surface area contributed by atoms with E-state index in [4.69, 9.17) is 4.98 Å². The molecule has 34 heavy (non-hydrogen) atoms. The molecule has 0 unspecified atom stereocenters. The lowest BCUT2D eigenvalue weighted by Gasteiger charge is -2.27. The summed E-state index contributed by atoms with van der Waals surface area (Å²) in [6.07, 6.45) is 1.42. The van der Waals surface area contributed by atoms with Crippen LogP contribution >= 0.6 is 11.3 Å². The van der Waals surface area contributed by atoms with Gasteiger partial charge in [-0.1, -0.05) is 48.5 Å². The predicted molar refractivity (Wildman–Crippen MR) is 137 cm³/mol. The number of rotatable bonds is 10. The molecule has 0 saturated heterocycles. The van der Waals surface area contributed by atoms with Gasteiger partial charge in [-0.3, -0.25) is 9.59 Å². The van der Waals surface area contributed by atoms with Crippen LogP contribution in [0.4, 0.5) is 0 Å². The number of aromatic nitrogens is 2. The average molecular weight is 475 g/mol. The summed E-state index contributed by atoms with van der Waals surface area (Å²) >= 11 is 1.43. The molecule has 2 amide bonds. The Morgan fingerprint density at radius 2 is 1.79 bits per heavy atom. The Labute approximate surface area is 204 Å². The molecule has 4 rings (SSSR count). The van der Waals surface area contributed by atoms with Gasteiger partial charge < -0.3 is 14.8 Å². The van der Waals surface area contributed by atoms with Gasteiger partial charge in [0.1, 0.15) is 12.4 Å². The highest BCUT2D eigenvalue weighted by molar-refractivity contribution is 7.12. The van der Waals surface area contributed by atoms with Gasteiger partial charge in [-0.05, 0) is 49.4 Å². The number of nitrogens with zero attached hydrogens (tertiary/aromatic N) is 3. The van der Waals surface area contributed by atoms with E-state index in [9.17, 15) is 9.59 Å². The number of imidazole rings is 1. The first kappa shape index (κ1) is 23.7. The van der Waals surface area contributed by atoms with Gasteiger partial charge in [0, 0.05) is 25.6 Å². The molecule has 4 aromatic rings. The number of carbonyl (C=O) groups excluding carboxylic acids is 2. The average Bonchev–Trinajstić information content (AvgIpc) is 3.49. The maximum absolute atomic E-state index is 13.4. The minimum atomic E-state index is -0.0489. The number of hydrogen-bond donors (Lipinski definition) is 1. The third kappa shape index (κ3) is 5.72. The Bertz CT molecular complexity index is 1230. The summed E-state index contributed by atoms with van der Waals surface area (Å²) in [7, 11) is 0. The molecular formula is C27H30N4O2S. The van der Waals surface area contributed by atoms with Crippen molar-refractivity contribution in [3.8, 4) is 0 Å². The Morgan fingerprint density at radius 3 is 2.53 bits per heavy atom. The van der Waals surface area contributed by atoms with E-state index in [0.29, 0.717) is 24.4 Å². The summed E-state index contributed by atoms with van der Waals surface area (Å²) in [5.74, 6) is 0.879. The maximum Gasteiger partial charge on any atom is 0.261 e. The van der Waals surface area contributed by atoms with Gasteiger partial charge in [0.2, 0.25) is 5.91 Å². The molecule has 2 aromatic heterocycles. The first-order valence-electron chi connectivity index (χ1n) is 11.6. The van der Waals surface area contributed by atoms with Gasteiger partial charge in [-0.25, -0.2) is 4.98 Å². The number of nitrogens with one attached hydrogen (secondary N) is 1. The normalized spacial score (nSPS) is 11.1. The number of para-hydroxylation sites is 2. The van der Waals surface area contributed by atoms with E-state index in [-0.39, 0.29) is 24.4 Å². The molecule has 0 aliphatic rings. The molecule has 2 heterocycles. The summed E-state index contributed by atoms with van der Waals surface area (Å²) in [5.41, 5.74) is 2.95. The molecule has 0 aliphatic heterocycles. The summed E-state index contributed by atoms with van der Waals surface area (Å²) in [6.45, 7) is 5.46. The zero-order valence-corrected chi connectivity index (χ0v) is 20.4. The molecule has 0 bridgehead atoms. The van der Waals surface area contributed by atoms with Crippen molar-refractivity contribution in [2.75, 3.05) is 6.54 Å². The van der Waals surface area contributed by atoms with Crippen molar-refractivity contribution in [3.05, 3.63) is 88.4 Å². The third-order valence-electron chi connectivity index (χ3n) is 5.77.